The third-order valence-corrected chi connectivity index (χ3v) is 3.89. The van der Waals surface area contributed by atoms with E-state index in [0.29, 0.717) is 23.9 Å². The predicted octanol–water partition coefficient (Wildman–Crippen LogP) is 4.41. The summed E-state index contributed by atoms with van der Waals surface area (Å²) in [6, 6.07) is 13.1. The zero-order chi connectivity index (χ0) is 16.7. The lowest BCUT2D eigenvalue weighted by Gasteiger charge is -2.11. The molecule has 5 heteroatoms. The number of anilines is 1. The molecule has 0 radical (unpaired) electrons. The van der Waals surface area contributed by atoms with Crippen LogP contribution in [0.3, 0.4) is 0 Å². The lowest BCUT2D eigenvalue weighted by atomic mass is 10.2. The minimum Gasteiger partial charge on any atom is -0.492 e. The number of amides is 2. The SMILES string of the molecule is CCc1cccc(OCCNC(=O)Nc2cccc(Cl)c2C)c1. The van der Waals surface area contributed by atoms with Crippen LogP contribution in [-0.2, 0) is 6.42 Å². The molecule has 0 saturated carbocycles. The molecule has 0 heterocycles. The summed E-state index contributed by atoms with van der Waals surface area (Å²) in [6.45, 7) is 4.79. The van der Waals surface area contributed by atoms with Crippen LogP contribution in [0.5, 0.6) is 5.75 Å². The Morgan fingerprint density at radius 3 is 2.78 bits per heavy atom. The Hall–Kier alpha value is -2.20. The van der Waals surface area contributed by atoms with Crippen LogP contribution in [0, 0.1) is 6.92 Å². The fourth-order valence-electron chi connectivity index (χ4n) is 2.10. The third kappa shape index (κ3) is 5.18. The van der Waals surface area contributed by atoms with Crippen LogP contribution in [0.4, 0.5) is 10.5 Å². The normalized spacial score (nSPS) is 10.2. The first-order chi connectivity index (χ1) is 11.1. The van der Waals surface area contributed by atoms with Gasteiger partial charge in [-0.3, -0.25) is 0 Å². The van der Waals surface area contributed by atoms with Gasteiger partial charge in [-0.05, 0) is 48.7 Å². The number of benzene rings is 2. The highest BCUT2D eigenvalue weighted by Gasteiger charge is 2.06. The van der Waals surface area contributed by atoms with Gasteiger partial charge in [0, 0.05) is 10.7 Å². The summed E-state index contributed by atoms with van der Waals surface area (Å²) in [4.78, 5) is 11.9. The predicted molar refractivity (Wildman–Crippen MR) is 94.5 cm³/mol. The molecule has 122 valence electrons. The summed E-state index contributed by atoms with van der Waals surface area (Å²) in [5, 5.41) is 6.16. The molecule has 0 aliphatic rings. The van der Waals surface area contributed by atoms with Gasteiger partial charge in [0.1, 0.15) is 12.4 Å². The number of halogens is 1. The van der Waals surface area contributed by atoms with E-state index in [-0.39, 0.29) is 6.03 Å². The van der Waals surface area contributed by atoms with Gasteiger partial charge in [-0.2, -0.15) is 0 Å². The molecule has 0 atom stereocenters. The Morgan fingerprint density at radius 2 is 2.00 bits per heavy atom. The molecule has 2 aromatic carbocycles. The minimum absolute atomic E-state index is 0.277. The molecule has 0 bridgehead atoms. The second kappa shape index (κ2) is 8.44. The van der Waals surface area contributed by atoms with Gasteiger partial charge in [0.25, 0.3) is 0 Å². The molecule has 0 aromatic heterocycles. The quantitative estimate of drug-likeness (QED) is 0.770. The van der Waals surface area contributed by atoms with Crippen LogP contribution in [0.25, 0.3) is 0 Å². The maximum atomic E-state index is 11.9. The summed E-state index contributed by atoms with van der Waals surface area (Å²) >= 11 is 6.02. The molecule has 0 saturated heterocycles. The number of ether oxygens (including phenoxy) is 1. The summed E-state index contributed by atoms with van der Waals surface area (Å²) in [6.07, 6.45) is 0.969. The van der Waals surface area contributed by atoms with Crippen LogP contribution in [-0.4, -0.2) is 19.2 Å². The van der Waals surface area contributed by atoms with E-state index in [1.807, 2.05) is 31.2 Å². The van der Waals surface area contributed by atoms with Crippen molar-refractivity contribution < 1.29 is 9.53 Å². The highest BCUT2D eigenvalue weighted by atomic mass is 35.5. The van der Waals surface area contributed by atoms with Crippen molar-refractivity contribution in [3.8, 4) is 5.75 Å². The number of rotatable bonds is 6. The van der Waals surface area contributed by atoms with E-state index >= 15 is 0 Å². The van der Waals surface area contributed by atoms with E-state index in [2.05, 4.69) is 23.6 Å². The maximum absolute atomic E-state index is 11.9. The van der Waals surface area contributed by atoms with Crippen molar-refractivity contribution in [3.63, 3.8) is 0 Å². The van der Waals surface area contributed by atoms with Crippen molar-refractivity contribution >= 4 is 23.3 Å². The van der Waals surface area contributed by atoms with Crippen molar-refractivity contribution in [2.75, 3.05) is 18.5 Å². The van der Waals surface area contributed by atoms with E-state index in [9.17, 15) is 4.79 Å². The van der Waals surface area contributed by atoms with Crippen LogP contribution >= 0.6 is 11.6 Å². The van der Waals surface area contributed by atoms with Crippen molar-refractivity contribution in [1.82, 2.24) is 5.32 Å². The Balaban J connectivity index is 1.75. The Morgan fingerprint density at radius 1 is 1.22 bits per heavy atom. The molecule has 2 rings (SSSR count). The topological polar surface area (TPSA) is 50.4 Å². The second-order valence-corrected chi connectivity index (χ2v) is 5.55. The number of carbonyl (C=O) groups excluding carboxylic acids is 1. The van der Waals surface area contributed by atoms with Crippen molar-refractivity contribution in [2.45, 2.75) is 20.3 Å². The standard InChI is InChI=1S/C18H21ClN2O2/c1-3-14-6-4-7-15(12-14)23-11-10-20-18(22)21-17-9-5-8-16(19)13(17)2/h4-9,12H,3,10-11H2,1-2H3,(H2,20,21,22). The molecule has 23 heavy (non-hydrogen) atoms. The van der Waals surface area contributed by atoms with E-state index in [1.165, 1.54) is 5.56 Å². The maximum Gasteiger partial charge on any atom is 0.319 e. The summed E-state index contributed by atoms with van der Waals surface area (Å²) < 4.78 is 5.63. The molecular formula is C18H21ClN2O2. The third-order valence-electron chi connectivity index (χ3n) is 3.48. The first kappa shape index (κ1) is 17.2. The van der Waals surface area contributed by atoms with Gasteiger partial charge in [0.15, 0.2) is 0 Å². The molecule has 2 amide bonds. The van der Waals surface area contributed by atoms with Crippen LogP contribution in [0.15, 0.2) is 42.5 Å². The van der Waals surface area contributed by atoms with Crippen LogP contribution in [0.2, 0.25) is 5.02 Å². The summed E-state index contributed by atoms with van der Waals surface area (Å²) in [5.41, 5.74) is 2.77. The Labute approximate surface area is 141 Å². The van der Waals surface area contributed by atoms with Gasteiger partial charge in [-0.1, -0.05) is 36.7 Å². The van der Waals surface area contributed by atoms with E-state index < -0.39 is 0 Å². The van der Waals surface area contributed by atoms with Crippen LogP contribution < -0.4 is 15.4 Å². The Kier molecular flexibility index (Phi) is 6.29. The average molecular weight is 333 g/mol. The number of hydrogen-bond acceptors (Lipinski definition) is 2. The summed E-state index contributed by atoms with van der Waals surface area (Å²) in [7, 11) is 0. The highest BCUT2D eigenvalue weighted by molar-refractivity contribution is 6.31. The first-order valence-electron chi connectivity index (χ1n) is 7.62. The average Bonchev–Trinajstić information content (AvgIpc) is 2.56. The fraction of sp³-hybridized carbons (Fsp3) is 0.278. The fourth-order valence-corrected chi connectivity index (χ4v) is 2.27. The van der Waals surface area contributed by atoms with E-state index in [1.54, 1.807) is 12.1 Å². The lowest BCUT2D eigenvalue weighted by molar-refractivity contribution is 0.247. The highest BCUT2D eigenvalue weighted by Crippen LogP contribution is 2.22. The molecule has 0 fully saturated rings. The zero-order valence-corrected chi connectivity index (χ0v) is 14.1. The van der Waals surface area contributed by atoms with Gasteiger partial charge >= 0.3 is 6.03 Å². The van der Waals surface area contributed by atoms with E-state index in [0.717, 1.165) is 17.7 Å². The van der Waals surface area contributed by atoms with Crippen molar-refractivity contribution in [3.05, 3.63) is 58.6 Å². The molecular weight excluding hydrogens is 312 g/mol. The van der Waals surface area contributed by atoms with E-state index in [4.69, 9.17) is 16.3 Å². The number of nitrogens with one attached hydrogen (secondary N) is 2. The summed E-state index contributed by atoms with van der Waals surface area (Å²) in [5.74, 6) is 0.817. The molecule has 0 spiro atoms. The van der Waals surface area contributed by atoms with Gasteiger partial charge in [-0.25, -0.2) is 4.79 Å². The minimum atomic E-state index is -0.277. The second-order valence-electron chi connectivity index (χ2n) is 5.14. The number of hydrogen-bond donors (Lipinski definition) is 2. The number of aryl methyl sites for hydroxylation is 1. The van der Waals surface area contributed by atoms with Gasteiger partial charge in [0.2, 0.25) is 0 Å². The molecule has 0 aliphatic heterocycles. The number of carbonyl (C=O) groups is 1. The molecule has 2 N–H and O–H groups in total. The number of urea groups is 1. The van der Waals surface area contributed by atoms with Crippen LogP contribution in [0.1, 0.15) is 18.1 Å². The Bertz CT molecular complexity index is 674. The van der Waals surface area contributed by atoms with Crippen molar-refractivity contribution in [2.24, 2.45) is 0 Å². The monoisotopic (exact) mass is 332 g/mol. The van der Waals surface area contributed by atoms with Crippen molar-refractivity contribution in [1.29, 1.82) is 0 Å². The molecule has 2 aromatic rings. The molecule has 0 unspecified atom stereocenters. The van der Waals surface area contributed by atoms with Gasteiger partial charge in [0.05, 0.1) is 6.54 Å². The van der Waals surface area contributed by atoms with Gasteiger partial charge < -0.3 is 15.4 Å². The smallest absolute Gasteiger partial charge is 0.319 e. The zero-order valence-electron chi connectivity index (χ0n) is 13.4. The lowest BCUT2D eigenvalue weighted by Crippen LogP contribution is -2.32. The molecule has 4 nitrogen and oxygen atoms in total. The first-order valence-corrected chi connectivity index (χ1v) is 7.99. The molecule has 0 aliphatic carbocycles. The van der Waals surface area contributed by atoms with Gasteiger partial charge in [-0.15, -0.1) is 0 Å². The largest absolute Gasteiger partial charge is 0.492 e.